The molecule has 2 aliphatic heterocycles. The SMILES string of the molecule is CCOC(=O)C1=C(CN2CCN(C(=O)c3ccccc3Cl)[C@H](C)C2)N(C)C(=O)N[C@@H]1c1ccccc1F. The number of carbonyl (C=O) groups is 3. The van der Waals surface area contributed by atoms with Crippen LogP contribution in [0.2, 0.25) is 5.02 Å². The van der Waals surface area contributed by atoms with Gasteiger partial charge in [-0.3, -0.25) is 14.6 Å². The molecule has 1 N–H and O–H groups in total. The van der Waals surface area contributed by atoms with E-state index in [1.807, 2.05) is 6.92 Å². The van der Waals surface area contributed by atoms with E-state index in [4.69, 9.17) is 16.3 Å². The van der Waals surface area contributed by atoms with Gasteiger partial charge in [0, 0.05) is 50.5 Å². The first-order chi connectivity index (χ1) is 17.7. The molecular formula is C27H30ClFN4O4. The molecule has 2 aromatic carbocycles. The first-order valence-electron chi connectivity index (χ1n) is 12.2. The molecule has 0 saturated carbocycles. The summed E-state index contributed by atoms with van der Waals surface area (Å²) in [6, 6.07) is 11.4. The fourth-order valence-electron chi connectivity index (χ4n) is 4.82. The second kappa shape index (κ2) is 11.3. The predicted molar refractivity (Wildman–Crippen MR) is 137 cm³/mol. The van der Waals surface area contributed by atoms with Gasteiger partial charge >= 0.3 is 12.0 Å². The summed E-state index contributed by atoms with van der Waals surface area (Å²) in [5.41, 5.74) is 1.27. The summed E-state index contributed by atoms with van der Waals surface area (Å²) < 4.78 is 20.1. The number of carbonyl (C=O) groups excluding carboxylic acids is 3. The van der Waals surface area contributed by atoms with E-state index in [0.717, 1.165) is 0 Å². The number of ether oxygens (including phenoxy) is 1. The van der Waals surface area contributed by atoms with E-state index >= 15 is 0 Å². The van der Waals surface area contributed by atoms with Crippen LogP contribution in [0.15, 0.2) is 59.8 Å². The third-order valence-electron chi connectivity index (χ3n) is 6.74. The van der Waals surface area contributed by atoms with Crippen LogP contribution in [0, 0.1) is 5.82 Å². The average molecular weight is 529 g/mol. The molecule has 2 heterocycles. The maximum atomic E-state index is 14.7. The van der Waals surface area contributed by atoms with Gasteiger partial charge in [0.1, 0.15) is 5.82 Å². The Morgan fingerprint density at radius 1 is 1.14 bits per heavy atom. The molecule has 1 saturated heterocycles. The summed E-state index contributed by atoms with van der Waals surface area (Å²) in [5, 5.41) is 3.14. The lowest BCUT2D eigenvalue weighted by Crippen LogP contribution is -2.56. The molecule has 0 radical (unpaired) electrons. The zero-order valence-electron chi connectivity index (χ0n) is 21.0. The number of halogens is 2. The normalized spacial score (nSPS) is 20.6. The predicted octanol–water partition coefficient (Wildman–Crippen LogP) is 3.84. The van der Waals surface area contributed by atoms with Crippen molar-refractivity contribution < 1.29 is 23.5 Å². The monoisotopic (exact) mass is 528 g/mol. The Bertz CT molecular complexity index is 1240. The fourth-order valence-corrected chi connectivity index (χ4v) is 5.04. The molecule has 2 aliphatic rings. The largest absolute Gasteiger partial charge is 0.463 e. The first kappa shape index (κ1) is 26.6. The zero-order chi connectivity index (χ0) is 26.7. The van der Waals surface area contributed by atoms with E-state index in [0.29, 0.717) is 35.9 Å². The van der Waals surface area contributed by atoms with Crippen LogP contribution in [0.4, 0.5) is 9.18 Å². The standard InChI is InChI=1S/C27H30ClFN4O4/c1-4-37-26(35)23-22(31(3)27(36)30-24(23)19-10-6-8-12-21(19)29)16-32-13-14-33(17(2)15-32)25(34)18-9-5-7-11-20(18)28/h5-12,17,24H,4,13-16H2,1-3H3,(H,30,36)/t17-,24-/m1/s1. The van der Waals surface area contributed by atoms with E-state index in [1.165, 1.54) is 11.0 Å². The van der Waals surface area contributed by atoms with Gasteiger partial charge in [-0.05, 0) is 32.0 Å². The molecule has 2 aromatic rings. The average Bonchev–Trinajstić information content (AvgIpc) is 2.87. The first-order valence-corrected chi connectivity index (χ1v) is 12.6. The Kier molecular flexibility index (Phi) is 8.14. The Hall–Kier alpha value is -3.43. The third kappa shape index (κ3) is 5.47. The highest BCUT2D eigenvalue weighted by atomic mass is 35.5. The van der Waals surface area contributed by atoms with Crippen molar-refractivity contribution >= 4 is 29.5 Å². The van der Waals surface area contributed by atoms with Gasteiger partial charge < -0.3 is 15.0 Å². The second-order valence-electron chi connectivity index (χ2n) is 9.11. The molecule has 8 nitrogen and oxygen atoms in total. The van der Waals surface area contributed by atoms with Crippen molar-refractivity contribution in [3.05, 3.63) is 81.8 Å². The number of hydrogen-bond donors (Lipinski definition) is 1. The number of likely N-dealkylation sites (N-methyl/N-ethyl adjacent to an activating group) is 1. The minimum Gasteiger partial charge on any atom is -0.463 e. The van der Waals surface area contributed by atoms with E-state index in [9.17, 15) is 18.8 Å². The van der Waals surface area contributed by atoms with Gasteiger partial charge in [-0.2, -0.15) is 0 Å². The van der Waals surface area contributed by atoms with E-state index < -0.39 is 23.9 Å². The number of hydrogen-bond acceptors (Lipinski definition) is 5. The van der Waals surface area contributed by atoms with Crippen molar-refractivity contribution in [2.75, 3.05) is 39.8 Å². The van der Waals surface area contributed by atoms with Crippen LogP contribution in [0.3, 0.4) is 0 Å². The molecule has 0 unspecified atom stereocenters. The number of nitrogens with one attached hydrogen (secondary N) is 1. The Morgan fingerprint density at radius 3 is 2.51 bits per heavy atom. The van der Waals surface area contributed by atoms with Crippen LogP contribution in [0.25, 0.3) is 0 Å². The highest BCUT2D eigenvalue weighted by molar-refractivity contribution is 6.33. The van der Waals surface area contributed by atoms with Gasteiger partial charge in [-0.1, -0.05) is 41.9 Å². The summed E-state index contributed by atoms with van der Waals surface area (Å²) in [6.45, 7) is 5.49. The van der Waals surface area contributed by atoms with Crippen molar-refractivity contribution in [1.29, 1.82) is 0 Å². The van der Waals surface area contributed by atoms with Crippen LogP contribution >= 0.6 is 11.6 Å². The molecule has 37 heavy (non-hydrogen) atoms. The van der Waals surface area contributed by atoms with Gasteiger partial charge in [0.25, 0.3) is 5.91 Å². The highest BCUT2D eigenvalue weighted by Crippen LogP contribution is 2.33. The lowest BCUT2D eigenvalue weighted by atomic mass is 9.93. The summed E-state index contributed by atoms with van der Waals surface area (Å²) in [6.07, 6.45) is 0. The van der Waals surface area contributed by atoms with Crippen LogP contribution in [0.1, 0.15) is 35.8 Å². The Labute approximate surface area is 220 Å². The van der Waals surface area contributed by atoms with Crippen molar-refractivity contribution in [2.24, 2.45) is 0 Å². The number of nitrogens with zero attached hydrogens (tertiary/aromatic N) is 3. The van der Waals surface area contributed by atoms with Gasteiger partial charge in [-0.15, -0.1) is 0 Å². The molecule has 0 spiro atoms. The molecular weight excluding hydrogens is 499 g/mol. The minimum absolute atomic E-state index is 0.136. The van der Waals surface area contributed by atoms with Crippen molar-refractivity contribution in [3.8, 4) is 0 Å². The van der Waals surface area contributed by atoms with Crippen LogP contribution in [-0.4, -0.2) is 78.5 Å². The molecule has 0 bridgehead atoms. The van der Waals surface area contributed by atoms with Crippen LogP contribution in [0.5, 0.6) is 0 Å². The quantitative estimate of drug-likeness (QED) is 0.576. The summed E-state index contributed by atoms with van der Waals surface area (Å²) >= 11 is 6.24. The summed E-state index contributed by atoms with van der Waals surface area (Å²) in [5.74, 6) is -1.28. The maximum absolute atomic E-state index is 14.7. The summed E-state index contributed by atoms with van der Waals surface area (Å²) in [4.78, 5) is 44.4. The van der Waals surface area contributed by atoms with Crippen molar-refractivity contribution in [2.45, 2.75) is 25.9 Å². The van der Waals surface area contributed by atoms with Crippen LogP contribution in [-0.2, 0) is 9.53 Å². The number of benzene rings is 2. The van der Waals surface area contributed by atoms with Gasteiger partial charge in [-0.25, -0.2) is 14.0 Å². The highest BCUT2D eigenvalue weighted by Gasteiger charge is 2.39. The zero-order valence-corrected chi connectivity index (χ0v) is 21.8. The Morgan fingerprint density at radius 2 is 1.84 bits per heavy atom. The molecule has 10 heteroatoms. The van der Waals surface area contributed by atoms with Gasteiger partial charge in [0.2, 0.25) is 0 Å². The third-order valence-corrected chi connectivity index (χ3v) is 7.07. The Balaban J connectivity index is 1.62. The number of rotatable bonds is 6. The van der Waals surface area contributed by atoms with Crippen molar-refractivity contribution in [1.82, 2.24) is 20.0 Å². The molecule has 0 aromatic heterocycles. The molecule has 2 atom stereocenters. The number of piperazine rings is 1. The molecule has 196 valence electrons. The molecule has 3 amide bonds. The summed E-state index contributed by atoms with van der Waals surface area (Å²) in [7, 11) is 1.57. The smallest absolute Gasteiger partial charge is 0.338 e. The number of urea groups is 1. The minimum atomic E-state index is -0.987. The second-order valence-corrected chi connectivity index (χ2v) is 9.51. The number of amides is 3. The lowest BCUT2D eigenvalue weighted by Gasteiger charge is -2.42. The maximum Gasteiger partial charge on any atom is 0.338 e. The molecule has 0 aliphatic carbocycles. The van der Waals surface area contributed by atoms with E-state index in [-0.39, 0.29) is 36.2 Å². The van der Waals surface area contributed by atoms with Gasteiger partial charge in [0.05, 0.1) is 28.8 Å². The fraction of sp³-hybridized carbons (Fsp3) is 0.370. The van der Waals surface area contributed by atoms with Gasteiger partial charge in [0.15, 0.2) is 0 Å². The lowest BCUT2D eigenvalue weighted by molar-refractivity contribution is -0.139. The topological polar surface area (TPSA) is 82.2 Å². The molecule has 1 fully saturated rings. The van der Waals surface area contributed by atoms with Crippen LogP contribution < -0.4 is 5.32 Å². The number of esters is 1. The van der Waals surface area contributed by atoms with Crippen molar-refractivity contribution in [3.63, 3.8) is 0 Å². The van der Waals surface area contributed by atoms with E-state index in [2.05, 4.69) is 10.2 Å². The van der Waals surface area contributed by atoms with E-state index in [1.54, 1.807) is 61.3 Å². The molecule has 4 rings (SSSR count).